The number of para-hydroxylation sites is 1. The second-order valence-electron chi connectivity index (χ2n) is 7.20. The lowest BCUT2D eigenvalue weighted by atomic mass is 10.3. The zero-order valence-corrected chi connectivity index (χ0v) is 19.5. The Kier molecular flexibility index (Phi) is 9.12. The molecule has 3 rings (SSSR count). The summed E-state index contributed by atoms with van der Waals surface area (Å²) in [5.74, 6) is 1.22. The van der Waals surface area contributed by atoms with Gasteiger partial charge in [0.2, 0.25) is 0 Å². The van der Waals surface area contributed by atoms with Crippen LogP contribution in [0.4, 0.5) is 5.82 Å². The third-order valence-electron chi connectivity index (χ3n) is 4.32. The summed E-state index contributed by atoms with van der Waals surface area (Å²) in [5, 5.41) is 12.5. The zero-order valence-electron chi connectivity index (χ0n) is 18.7. The van der Waals surface area contributed by atoms with Crippen molar-refractivity contribution in [2.75, 3.05) is 38.2 Å². The number of nitrogens with zero attached hydrogens (tertiary/aromatic N) is 4. The molecule has 0 radical (unpaired) electrons. The highest BCUT2D eigenvalue weighted by Crippen LogP contribution is 2.26. The number of aromatic nitrogens is 4. The average molecular weight is 459 g/mol. The Morgan fingerprint density at radius 2 is 2.00 bits per heavy atom. The SMILES string of the molecule is CCOCCNc1nc(SC(C)C)nc2c1cnn2CCNC(=O)COc1ccccc1. The molecular formula is C22H30N6O3S. The number of anilines is 1. The van der Waals surface area contributed by atoms with Crippen molar-refractivity contribution >= 4 is 34.5 Å². The Balaban J connectivity index is 1.62. The van der Waals surface area contributed by atoms with Gasteiger partial charge in [0.25, 0.3) is 5.91 Å². The fourth-order valence-electron chi connectivity index (χ4n) is 2.90. The number of rotatable bonds is 13. The first kappa shape index (κ1) is 23.8. The second kappa shape index (κ2) is 12.3. The van der Waals surface area contributed by atoms with E-state index in [9.17, 15) is 4.79 Å². The molecule has 0 bridgehead atoms. The molecule has 10 heteroatoms. The van der Waals surface area contributed by atoms with Crippen molar-refractivity contribution in [1.29, 1.82) is 0 Å². The normalized spacial score (nSPS) is 11.1. The number of hydrogen-bond donors (Lipinski definition) is 2. The Hall–Kier alpha value is -2.85. The highest BCUT2D eigenvalue weighted by molar-refractivity contribution is 7.99. The molecule has 2 aromatic heterocycles. The molecule has 0 aliphatic carbocycles. The van der Waals surface area contributed by atoms with Crippen molar-refractivity contribution in [2.24, 2.45) is 0 Å². The van der Waals surface area contributed by atoms with Gasteiger partial charge in [0.15, 0.2) is 17.4 Å². The van der Waals surface area contributed by atoms with Crippen LogP contribution in [0.15, 0.2) is 41.7 Å². The first-order chi connectivity index (χ1) is 15.6. The lowest BCUT2D eigenvalue weighted by Gasteiger charge is -2.11. The number of nitrogens with one attached hydrogen (secondary N) is 2. The molecule has 9 nitrogen and oxygen atoms in total. The van der Waals surface area contributed by atoms with Crippen molar-refractivity contribution in [1.82, 2.24) is 25.1 Å². The summed E-state index contributed by atoms with van der Waals surface area (Å²) in [6.07, 6.45) is 1.75. The number of carbonyl (C=O) groups is 1. The Labute approximate surface area is 192 Å². The van der Waals surface area contributed by atoms with E-state index < -0.39 is 0 Å². The maximum Gasteiger partial charge on any atom is 0.258 e. The summed E-state index contributed by atoms with van der Waals surface area (Å²) in [5.41, 5.74) is 0.733. The van der Waals surface area contributed by atoms with Crippen LogP contribution in [0.25, 0.3) is 11.0 Å². The largest absolute Gasteiger partial charge is 0.484 e. The molecule has 32 heavy (non-hydrogen) atoms. The lowest BCUT2D eigenvalue weighted by Crippen LogP contribution is -2.31. The summed E-state index contributed by atoms with van der Waals surface area (Å²) < 4.78 is 12.7. The minimum Gasteiger partial charge on any atom is -0.484 e. The predicted molar refractivity (Wildman–Crippen MR) is 126 cm³/mol. The van der Waals surface area contributed by atoms with Crippen LogP contribution in [0.3, 0.4) is 0 Å². The average Bonchev–Trinajstić information content (AvgIpc) is 3.18. The van der Waals surface area contributed by atoms with E-state index in [0.717, 1.165) is 16.9 Å². The first-order valence-electron chi connectivity index (χ1n) is 10.7. The van der Waals surface area contributed by atoms with E-state index in [1.807, 2.05) is 37.3 Å². The number of amides is 1. The van der Waals surface area contributed by atoms with Crippen molar-refractivity contribution < 1.29 is 14.3 Å². The van der Waals surface area contributed by atoms with Crippen LogP contribution in [0.5, 0.6) is 5.75 Å². The molecule has 2 N–H and O–H groups in total. The summed E-state index contributed by atoms with van der Waals surface area (Å²) >= 11 is 1.60. The molecule has 0 saturated carbocycles. The molecular weight excluding hydrogens is 428 g/mol. The Morgan fingerprint density at radius 3 is 2.75 bits per heavy atom. The monoisotopic (exact) mass is 458 g/mol. The molecule has 0 spiro atoms. The van der Waals surface area contributed by atoms with Gasteiger partial charge in [0.05, 0.1) is 24.7 Å². The fraction of sp³-hybridized carbons (Fsp3) is 0.455. The topological polar surface area (TPSA) is 103 Å². The number of hydrogen-bond acceptors (Lipinski definition) is 8. The lowest BCUT2D eigenvalue weighted by molar-refractivity contribution is -0.123. The minimum absolute atomic E-state index is 0.0326. The highest BCUT2D eigenvalue weighted by Gasteiger charge is 2.14. The van der Waals surface area contributed by atoms with Crippen molar-refractivity contribution in [2.45, 2.75) is 37.7 Å². The summed E-state index contributed by atoms with van der Waals surface area (Å²) in [4.78, 5) is 21.4. The van der Waals surface area contributed by atoms with Crippen LogP contribution in [0.1, 0.15) is 20.8 Å². The third kappa shape index (κ3) is 7.10. The van der Waals surface area contributed by atoms with Crippen LogP contribution in [-0.4, -0.2) is 63.8 Å². The standard InChI is InChI=1S/C22H30N6O3S/c1-4-30-13-11-24-20-18-14-25-28(21(18)27-22(26-20)32-16(2)3)12-10-23-19(29)15-31-17-8-6-5-7-9-17/h5-9,14,16H,4,10-13,15H2,1-3H3,(H,23,29)(H,24,26,27). The molecule has 0 unspecified atom stereocenters. The van der Waals surface area contributed by atoms with E-state index in [2.05, 4.69) is 34.6 Å². The van der Waals surface area contributed by atoms with Gasteiger partial charge in [-0.15, -0.1) is 0 Å². The van der Waals surface area contributed by atoms with E-state index >= 15 is 0 Å². The Morgan fingerprint density at radius 1 is 1.19 bits per heavy atom. The van der Waals surface area contributed by atoms with Crippen LogP contribution < -0.4 is 15.4 Å². The highest BCUT2D eigenvalue weighted by atomic mass is 32.2. The minimum atomic E-state index is -0.186. The van der Waals surface area contributed by atoms with Crippen LogP contribution in [0.2, 0.25) is 0 Å². The van der Waals surface area contributed by atoms with Gasteiger partial charge in [0.1, 0.15) is 11.6 Å². The molecule has 0 fully saturated rings. The van der Waals surface area contributed by atoms with Gasteiger partial charge in [-0.2, -0.15) is 5.10 Å². The van der Waals surface area contributed by atoms with Crippen molar-refractivity contribution in [3.63, 3.8) is 0 Å². The molecule has 172 valence electrons. The number of ether oxygens (including phenoxy) is 2. The zero-order chi connectivity index (χ0) is 22.8. The fourth-order valence-corrected chi connectivity index (χ4v) is 3.61. The molecule has 0 saturated heterocycles. The summed E-state index contributed by atoms with van der Waals surface area (Å²) in [6.45, 7) is 8.96. The molecule has 3 aromatic rings. The van der Waals surface area contributed by atoms with Crippen LogP contribution in [-0.2, 0) is 16.1 Å². The second-order valence-corrected chi connectivity index (χ2v) is 8.75. The number of carbonyl (C=O) groups excluding carboxylic acids is 1. The molecule has 1 aromatic carbocycles. The van der Waals surface area contributed by atoms with Gasteiger partial charge in [0, 0.05) is 24.9 Å². The maximum absolute atomic E-state index is 12.1. The predicted octanol–water partition coefficient (Wildman–Crippen LogP) is 2.97. The number of benzene rings is 1. The smallest absolute Gasteiger partial charge is 0.258 e. The van der Waals surface area contributed by atoms with Crippen molar-refractivity contribution in [3.05, 3.63) is 36.5 Å². The van der Waals surface area contributed by atoms with E-state index in [4.69, 9.17) is 14.5 Å². The molecule has 0 atom stereocenters. The van der Waals surface area contributed by atoms with Crippen molar-refractivity contribution in [3.8, 4) is 5.75 Å². The number of fused-ring (bicyclic) bond motifs is 1. The molecule has 1 amide bonds. The Bertz CT molecular complexity index is 996. The van der Waals surface area contributed by atoms with E-state index in [1.54, 1.807) is 22.6 Å². The van der Waals surface area contributed by atoms with Gasteiger partial charge in [-0.3, -0.25) is 4.79 Å². The first-order valence-corrected chi connectivity index (χ1v) is 11.6. The molecule has 2 heterocycles. The quantitative estimate of drug-likeness (QED) is 0.229. The van der Waals surface area contributed by atoms with Gasteiger partial charge in [-0.1, -0.05) is 43.8 Å². The van der Waals surface area contributed by atoms with E-state index in [0.29, 0.717) is 49.0 Å². The van der Waals surface area contributed by atoms with E-state index in [1.165, 1.54) is 0 Å². The van der Waals surface area contributed by atoms with Crippen LogP contribution in [0, 0.1) is 0 Å². The van der Waals surface area contributed by atoms with Gasteiger partial charge >= 0.3 is 0 Å². The summed E-state index contributed by atoms with van der Waals surface area (Å²) in [6, 6.07) is 9.26. The summed E-state index contributed by atoms with van der Waals surface area (Å²) in [7, 11) is 0. The molecule has 0 aliphatic rings. The van der Waals surface area contributed by atoms with Gasteiger partial charge in [-0.25, -0.2) is 14.6 Å². The molecule has 0 aliphatic heterocycles. The maximum atomic E-state index is 12.1. The van der Waals surface area contributed by atoms with E-state index in [-0.39, 0.29) is 12.5 Å². The van der Waals surface area contributed by atoms with Crippen LogP contribution >= 0.6 is 11.8 Å². The van der Waals surface area contributed by atoms with Gasteiger partial charge in [-0.05, 0) is 19.1 Å². The van der Waals surface area contributed by atoms with Gasteiger partial charge < -0.3 is 20.1 Å². The number of thioether (sulfide) groups is 1. The third-order valence-corrected chi connectivity index (χ3v) is 5.18.